The highest BCUT2D eigenvalue weighted by Crippen LogP contribution is 2.36. The second-order valence-corrected chi connectivity index (χ2v) is 11.2. The summed E-state index contributed by atoms with van der Waals surface area (Å²) in [5, 5.41) is 12.4. The van der Waals surface area contributed by atoms with E-state index in [0.29, 0.717) is 5.02 Å². The lowest BCUT2D eigenvalue weighted by Gasteiger charge is -2.23. The molecule has 3 nitrogen and oxygen atoms in total. The van der Waals surface area contributed by atoms with Gasteiger partial charge in [-0.1, -0.05) is 90.1 Å². The van der Waals surface area contributed by atoms with Gasteiger partial charge in [-0.15, -0.1) is 0 Å². The van der Waals surface area contributed by atoms with Gasteiger partial charge >= 0.3 is 0 Å². The van der Waals surface area contributed by atoms with Crippen LogP contribution < -0.4 is 0 Å². The molecule has 36 heavy (non-hydrogen) atoms. The number of aryl methyl sites for hydroxylation is 1. The number of benzene rings is 3. The molecule has 0 bridgehead atoms. The second-order valence-electron chi connectivity index (χ2n) is 9.43. The third kappa shape index (κ3) is 6.85. The topological polar surface area (TPSA) is 50.2 Å². The molecular formula is C31H30ClNO2S. The van der Waals surface area contributed by atoms with E-state index >= 15 is 0 Å². The Morgan fingerprint density at radius 2 is 1.81 bits per heavy atom. The van der Waals surface area contributed by atoms with E-state index in [9.17, 15) is 9.90 Å². The van der Waals surface area contributed by atoms with Crippen molar-refractivity contribution in [2.75, 3.05) is 0 Å². The Labute approximate surface area is 222 Å². The summed E-state index contributed by atoms with van der Waals surface area (Å²) in [4.78, 5) is 16.8. The van der Waals surface area contributed by atoms with Crippen LogP contribution in [0.3, 0.4) is 0 Å². The molecule has 4 aromatic rings. The number of carbonyl (C=O) groups excluding carboxylic acids is 1. The number of nitrogens with zero attached hydrogens (tertiary/aromatic N) is 1. The van der Waals surface area contributed by atoms with Gasteiger partial charge < -0.3 is 5.11 Å². The van der Waals surface area contributed by atoms with Crippen molar-refractivity contribution in [3.05, 3.63) is 112 Å². The SMILES string of the molecule is CC(=O)S[C@H](CCc1ccccc1C(C)(C)O)c1cccc(C=Cc2ccc3ccc(Cl)cc3n2)c1. The first-order chi connectivity index (χ1) is 17.2. The molecule has 3 aromatic carbocycles. The van der Waals surface area contributed by atoms with Crippen LogP contribution in [0, 0.1) is 0 Å². The summed E-state index contributed by atoms with van der Waals surface area (Å²) in [6.07, 6.45) is 5.60. The first kappa shape index (κ1) is 26.2. The summed E-state index contributed by atoms with van der Waals surface area (Å²) in [5.41, 5.74) is 5.00. The van der Waals surface area contributed by atoms with E-state index in [2.05, 4.69) is 24.3 Å². The molecule has 1 N–H and O–H groups in total. The van der Waals surface area contributed by atoms with Crippen LogP contribution in [0.2, 0.25) is 5.02 Å². The van der Waals surface area contributed by atoms with Crippen LogP contribution in [0.4, 0.5) is 0 Å². The zero-order valence-electron chi connectivity index (χ0n) is 20.7. The molecule has 1 atom stereocenters. The molecule has 0 aliphatic rings. The lowest BCUT2D eigenvalue weighted by Crippen LogP contribution is -2.18. The Hall–Kier alpha value is -2.92. The highest BCUT2D eigenvalue weighted by Gasteiger charge is 2.21. The Bertz CT molecular complexity index is 1410. The van der Waals surface area contributed by atoms with Gasteiger partial charge in [0.1, 0.15) is 0 Å². The van der Waals surface area contributed by atoms with E-state index in [0.717, 1.165) is 51.7 Å². The zero-order chi connectivity index (χ0) is 25.7. The van der Waals surface area contributed by atoms with Gasteiger partial charge in [0.2, 0.25) is 0 Å². The molecule has 1 heterocycles. The molecule has 0 saturated heterocycles. The molecule has 1 aromatic heterocycles. The van der Waals surface area contributed by atoms with Crippen LogP contribution in [0.5, 0.6) is 0 Å². The highest BCUT2D eigenvalue weighted by molar-refractivity contribution is 8.13. The summed E-state index contributed by atoms with van der Waals surface area (Å²) in [7, 11) is 0. The van der Waals surface area contributed by atoms with E-state index in [1.807, 2.05) is 80.6 Å². The van der Waals surface area contributed by atoms with Crippen molar-refractivity contribution >= 4 is 51.5 Å². The zero-order valence-corrected chi connectivity index (χ0v) is 22.3. The molecular weight excluding hydrogens is 486 g/mol. The van der Waals surface area contributed by atoms with Crippen molar-refractivity contribution in [2.24, 2.45) is 0 Å². The molecule has 0 spiro atoms. The molecule has 0 aliphatic carbocycles. The van der Waals surface area contributed by atoms with Gasteiger partial charge in [-0.25, -0.2) is 4.98 Å². The summed E-state index contributed by atoms with van der Waals surface area (Å²) < 4.78 is 0. The fraction of sp³-hybridized carbons (Fsp3) is 0.226. The Balaban J connectivity index is 1.55. The number of pyridine rings is 1. The van der Waals surface area contributed by atoms with Crippen molar-refractivity contribution < 1.29 is 9.90 Å². The fourth-order valence-corrected chi connectivity index (χ4v) is 5.44. The number of halogens is 1. The molecule has 0 amide bonds. The van der Waals surface area contributed by atoms with Gasteiger partial charge in [0.25, 0.3) is 0 Å². The van der Waals surface area contributed by atoms with E-state index < -0.39 is 5.60 Å². The number of thioether (sulfide) groups is 1. The van der Waals surface area contributed by atoms with Gasteiger partial charge in [-0.2, -0.15) is 0 Å². The Morgan fingerprint density at radius 3 is 2.58 bits per heavy atom. The third-order valence-electron chi connectivity index (χ3n) is 6.07. The van der Waals surface area contributed by atoms with Crippen molar-refractivity contribution in [3.63, 3.8) is 0 Å². The minimum atomic E-state index is -0.910. The van der Waals surface area contributed by atoms with Crippen LogP contribution in [0.25, 0.3) is 23.1 Å². The van der Waals surface area contributed by atoms with Crippen LogP contribution in [-0.4, -0.2) is 15.2 Å². The maximum absolute atomic E-state index is 12.1. The summed E-state index contributed by atoms with van der Waals surface area (Å²) in [6.45, 7) is 5.23. The van der Waals surface area contributed by atoms with Gasteiger partial charge in [0.05, 0.1) is 16.8 Å². The molecule has 0 saturated carbocycles. The summed E-state index contributed by atoms with van der Waals surface area (Å²) in [5.74, 6) is 0. The Morgan fingerprint density at radius 1 is 1.03 bits per heavy atom. The third-order valence-corrected chi connectivity index (χ3v) is 7.42. The normalized spacial score (nSPS) is 12.8. The van der Waals surface area contributed by atoms with Crippen LogP contribution >= 0.6 is 23.4 Å². The molecule has 184 valence electrons. The Kier molecular flexibility index (Phi) is 8.30. The number of fused-ring (bicyclic) bond motifs is 1. The minimum Gasteiger partial charge on any atom is -0.386 e. The van der Waals surface area contributed by atoms with Gasteiger partial charge in [-0.3, -0.25) is 4.79 Å². The fourth-order valence-electron chi connectivity index (χ4n) is 4.36. The van der Waals surface area contributed by atoms with E-state index in [1.165, 1.54) is 11.8 Å². The standard InChI is InChI=1S/C31H30ClNO2S/c1-21(34)36-30(18-14-23-8-4-5-10-28(23)31(2,3)35)25-9-6-7-22(19-25)11-16-27-17-13-24-12-15-26(32)20-29(24)33-27/h4-13,15-17,19-20,30,35H,14,18H2,1-3H3/t30-/m1/s1. The minimum absolute atomic E-state index is 0.0200. The molecule has 0 radical (unpaired) electrons. The van der Waals surface area contributed by atoms with Crippen molar-refractivity contribution in [3.8, 4) is 0 Å². The average Bonchev–Trinajstić information content (AvgIpc) is 2.84. The predicted molar refractivity (Wildman–Crippen MR) is 153 cm³/mol. The number of hydrogen-bond donors (Lipinski definition) is 1. The highest BCUT2D eigenvalue weighted by atomic mass is 35.5. The van der Waals surface area contributed by atoms with Gasteiger partial charge in [0.15, 0.2) is 5.12 Å². The predicted octanol–water partition coefficient (Wildman–Crippen LogP) is 8.24. The van der Waals surface area contributed by atoms with Crippen molar-refractivity contribution in [2.45, 2.75) is 44.5 Å². The molecule has 0 fully saturated rings. The van der Waals surface area contributed by atoms with Crippen LogP contribution in [0.1, 0.15) is 60.4 Å². The van der Waals surface area contributed by atoms with Crippen molar-refractivity contribution in [1.82, 2.24) is 4.98 Å². The quantitative estimate of drug-likeness (QED) is 0.256. The molecule has 5 heteroatoms. The van der Waals surface area contributed by atoms with E-state index in [1.54, 1.807) is 6.92 Å². The number of aromatic nitrogens is 1. The van der Waals surface area contributed by atoms with E-state index in [4.69, 9.17) is 16.6 Å². The maximum atomic E-state index is 12.1. The summed E-state index contributed by atoms with van der Waals surface area (Å²) in [6, 6.07) is 26.0. The summed E-state index contributed by atoms with van der Waals surface area (Å²) >= 11 is 7.49. The largest absolute Gasteiger partial charge is 0.386 e. The van der Waals surface area contributed by atoms with Crippen LogP contribution in [0.15, 0.2) is 78.9 Å². The number of aliphatic hydroxyl groups is 1. The lowest BCUT2D eigenvalue weighted by molar-refractivity contribution is -0.109. The first-order valence-corrected chi connectivity index (χ1v) is 13.3. The monoisotopic (exact) mass is 515 g/mol. The second kappa shape index (κ2) is 11.4. The average molecular weight is 516 g/mol. The molecule has 4 rings (SSSR count). The van der Waals surface area contributed by atoms with Gasteiger partial charge in [-0.05, 0) is 73.2 Å². The molecule has 0 unspecified atom stereocenters. The number of carbonyl (C=O) groups is 1. The number of hydrogen-bond acceptors (Lipinski definition) is 4. The van der Waals surface area contributed by atoms with Gasteiger partial charge in [0, 0.05) is 22.6 Å². The van der Waals surface area contributed by atoms with E-state index in [-0.39, 0.29) is 10.4 Å². The van der Waals surface area contributed by atoms with Crippen molar-refractivity contribution in [1.29, 1.82) is 0 Å². The van der Waals surface area contributed by atoms with Crippen LogP contribution in [-0.2, 0) is 16.8 Å². The number of rotatable bonds is 8. The first-order valence-electron chi connectivity index (χ1n) is 12.0. The lowest BCUT2D eigenvalue weighted by atomic mass is 9.90. The maximum Gasteiger partial charge on any atom is 0.186 e. The molecule has 0 aliphatic heterocycles. The smallest absolute Gasteiger partial charge is 0.186 e.